The fourth-order valence-electron chi connectivity index (χ4n) is 2.37. The number of fused-ring (bicyclic) bond motifs is 1. The Morgan fingerprint density at radius 3 is 2.72 bits per heavy atom. The maximum atomic E-state index is 13.7. The second-order valence-corrected chi connectivity index (χ2v) is 6.03. The molecule has 0 saturated heterocycles. The number of aromatic nitrogens is 2. The van der Waals surface area contributed by atoms with Gasteiger partial charge >= 0.3 is 6.55 Å². The maximum absolute atomic E-state index is 13.7. The standard InChI is InChI=1S/C17H13F3N2O2S/c1-24-15-7-6-10(8-11(15)18)14(23)9-25-17-21-12-4-2-3-5-13(12)22(17)16(19)20/h2-8,16H,9H2,1H3. The van der Waals surface area contributed by atoms with Crippen molar-refractivity contribution < 1.29 is 22.7 Å². The van der Waals surface area contributed by atoms with E-state index in [1.165, 1.54) is 19.2 Å². The van der Waals surface area contributed by atoms with E-state index in [9.17, 15) is 18.0 Å². The number of rotatable bonds is 6. The number of para-hydroxylation sites is 2. The molecular formula is C17H13F3N2O2S. The topological polar surface area (TPSA) is 44.1 Å². The monoisotopic (exact) mass is 366 g/mol. The number of imidazole rings is 1. The van der Waals surface area contributed by atoms with Gasteiger partial charge in [0.25, 0.3) is 0 Å². The van der Waals surface area contributed by atoms with E-state index in [4.69, 9.17) is 4.74 Å². The van der Waals surface area contributed by atoms with Crippen LogP contribution in [0.15, 0.2) is 47.6 Å². The van der Waals surface area contributed by atoms with Crippen molar-refractivity contribution in [3.63, 3.8) is 0 Å². The molecule has 8 heteroatoms. The van der Waals surface area contributed by atoms with Gasteiger partial charge in [-0.3, -0.25) is 9.36 Å². The van der Waals surface area contributed by atoms with Crippen molar-refractivity contribution in [1.82, 2.24) is 9.55 Å². The van der Waals surface area contributed by atoms with Gasteiger partial charge in [-0.2, -0.15) is 8.78 Å². The zero-order valence-corrected chi connectivity index (χ0v) is 13.9. The van der Waals surface area contributed by atoms with Crippen LogP contribution in [0.5, 0.6) is 5.75 Å². The zero-order valence-electron chi connectivity index (χ0n) is 13.1. The minimum Gasteiger partial charge on any atom is -0.494 e. The highest BCUT2D eigenvalue weighted by atomic mass is 32.2. The van der Waals surface area contributed by atoms with Gasteiger partial charge in [-0.25, -0.2) is 9.37 Å². The van der Waals surface area contributed by atoms with E-state index in [-0.39, 0.29) is 28.0 Å². The van der Waals surface area contributed by atoms with Crippen molar-refractivity contribution in [3.05, 3.63) is 53.8 Å². The lowest BCUT2D eigenvalue weighted by atomic mass is 10.1. The fourth-order valence-corrected chi connectivity index (χ4v) is 3.27. The number of carbonyl (C=O) groups excluding carboxylic acids is 1. The highest BCUT2D eigenvalue weighted by molar-refractivity contribution is 7.99. The Balaban J connectivity index is 1.81. The number of ketones is 1. The average Bonchev–Trinajstić information content (AvgIpc) is 2.98. The molecule has 0 radical (unpaired) electrons. The minimum atomic E-state index is -2.77. The maximum Gasteiger partial charge on any atom is 0.321 e. The SMILES string of the molecule is COc1ccc(C(=O)CSc2nc3ccccc3n2C(F)F)cc1F. The van der Waals surface area contributed by atoms with Crippen molar-refractivity contribution >= 4 is 28.6 Å². The molecule has 2 aromatic carbocycles. The number of carbonyl (C=O) groups is 1. The lowest BCUT2D eigenvalue weighted by Crippen LogP contribution is -2.06. The Labute approximate surface area is 145 Å². The van der Waals surface area contributed by atoms with Crippen molar-refractivity contribution in [2.24, 2.45) is 0 Å². The molecule has 3 rings (SSSR count). The predicted molar refractivity (Wildman–Crippen MR) is 89.0 cm³/mol. The summed E-state index contributed by atoms with van der Waals surface area (Å²) >= 11 is 0.888. The number of benzene rings is 2. The Hall–Kier alpha value is -2.48. The lowest BCUT2D eigenvalue weighted by molar-refractivity contribution is 0.0656. The fraction of sp³-hybridized carbons (Fsp3) is 0.176. The molecule has 0 N–H and O–H groups in total. The molecule has 0 unspecified atom stereocenters. The van der Waals surface area contributed by atoms with E-state index in [1.54, 1.807) is 24.3 Å². The van der Waals surface area contributed by atoms with E-state index in [0.29, 0.717) is 11.0 Å². The number of thioether (sulfide) groups is 1. The van der Waals surface area contributed by atoms with Gasteiger partial charge < -0.3 is 4.74 Å². The molecule has 4 nitrogen and oxygen atoms in total. The van der Waals surface area contributed by atoms with Crippen LogP contribution in [0.4, 0.5) is 13.2 Å². The van der Waals surface area contributed by atoms with E-state index >= 15 is 0 Å². The third kappa shape index (κ3) is 3.48. The lowest BCUT2D eigenvalue weighted by Gasteiger charge is -2.07. The molecule has 130 valence electrons. The van der Waals surface area contributed by atoms with Crippen LogP contribution in [-0.4, -0.2) is 28.2 Å². The molecule has 0 atom stereocenters. The van der Waals surface area contributed by atoms with Crippen molar-refractivity contribution in [1.29, 1.82) is 0 Å². The van der Waals surface area contributed by atoms with E-state index < -0.39 is 12.4 Å². The number of hydrogen-bond donors (Lipinski definition) is 0. The van der Waals surface area contributed by atoms with Crippen molar-refractivity contribution in [2.45, 2.75) is 11.7 Å². The van der Waals surface area contributed by atoms with Gasteiger partial charge in [0.2, 0.25) is 0 Å². The molecule has 25 heavy (non-hydrogen) atoms. The molecule has 0 aliphatic heterocycles. The normalized spacial score (nSPS) is 11.2. The molecule has 1 aromatic heterocycles. The average molecular weight is 366 g/mol. The highest BCUT2D eigenvalue weighted by Gasteiger charge is 2.19. The first-order valence-electron chi connectivity index (χ1n) is 7.26. The van der Waals surface area contributed by atoms with Gasteiger partial charge in [0, 0.05) is 5.56 Å². The predicted octanol–water partition coefficient (Wildman–Crippen LogP) is 4.55. The molecule has 0 aliphatic rings. The number of alkyl halides is 2. The van der Waals surface area contributed by atoms with Crippen LogP contribution < -0.4 is 4.74 Å². The molecule has 3 aromatic rings. The van der Waals surface area contributed by atoms with Crippen LogP contribution in [-0.2, 0) is 0 Å². The third-order valence-electron chi connectivity index (χ3n) is 3.56. The van der Waals surface area contributed by atoms with E-state index in [1.807, 2.05) is 0 Å². The van der Waals surface area contributed by atoms with Crippen LogP contribution in [0.3, 0.4) is 0 Å². The van der Waals surface area contributed by atoms with Gasteiger partial charge in [-0.15, -0.1) is 0 Å². The summed E-state index contributed by atoms with van der Waals surface area (Å²) in [4.78, 5) is 16.4. The summed E-state index contributed by atoms with van der Waals surface area (Å²) in [5, 5.41) is 0.0403. The minimum absolute atomic E-state index is 0.0312. The summed E-state index contributed by atoms with van der Waals surface area (Å²) in [5.74, 6) is -1.15. The molecule has 0 fully saturated rings. The molecule has 0 saturated carbocycles. The third-order valence-corrected chi connectivity index (χ3v) is 4.52. The second-order valence-electron chi connectivity index (χ2n) is 5.09. The van der Waals surface area contributed by atoms with Crippen molar-refractivity contribution in [3.8, 4) is 5.75 Å². The number of halogens is 3. The molecule has 0 bridgehead atoms. The zero-order chi connectivity index (χ0) is 18.0. The van der Waals surface area contributed by atoms with Crippen LogP contribution in [0.2, 0.25) is 0 Å². The number of Topliss-reactive ketones (excluding diaryl/α,β-unsaturated/α-hetero) is 1. The van der Waals surface area contributed by atoms with Gasteiger partial charge in [-0.1, -0.05) is 23.9 Å². The van der Waals surface area contributed by atoms with E-state index in [0.717, 1.165) is 22.4 Å². The van der Waals surface area contributed by atoms with Crippen LogP contribution in [0.25, 0.3) is 11.0 Å². The molecule has 0 amide bonds. The summed E-state index contributed by atoms with van der Waals surface area (Å²) in [6, 6.07) is 10.4. The summed E-state index contributed by atoms with van der Waals surface area (Å²) in [6.45, 7) is -2.77. The van der Waals surface area contributed by atoms with Crippen LogP contribution in [0, 0.1) is 5.82 Å². The number of ether oxygens (including phenoxy) is 1. The summed E-state index contributed by atoms with van der Waals surface area (Å²) in [7, 11) is 1.32. The highest BCUT2D eigenvalue weighted by Crippen LogP contribution is 2.29. The molecule has 0 spiro atoms. The Morgan fingerprint density at radius 2 is 2.04 bits per heavy atom. The molecular weight excluding hydrogens is 353 g/mol. The van der Waals surface area contributed by atoms with Crippen LogP contribution in [0.1, 0.15) is 16.9 Å². The Morgan fingerprint density at radius 1 is 1.28 bits per heavy atom. The second kappa shape index (κ2) is 7.18. The van der Waals surface area contributed by atoms with E-state index in [2.05, 4.69) is 4.98 Å². The first-order chi connectivity index (χ1) is 12.0. The van der Waals surface area contributed by atoms with Crippen LogP contribution >= 0.6 is 11.8 Å². The van der Waals surface area contributed by atoms with Gasteiger partial charge in [0.1, 0.15) is 0 Å². The summed E-state index contributed by atoms with van der Waals surface area (Å²) in [6.07, 6.45) is 0. The number of methoxy groups -OCH3 is 1. The quantitative estimate of drug-likeness (QED) is 0.474. The Bertz CT molecular complexity index is 927. The molecule has 0 aliphatic carbocycles. The summed E-state index contributed by atoms with van der Waals surface area (Å²) in [5.41, 5.74) is 0.863. The van der Waals surface area contributed by atoms with Gasteiger partial charge in [0.05, 0.1) is 23.9 Å². The molecule has 1 heterocycles. The largest absolute Gasteiger partial charge is 0.494 e. The number of nitrogens with zero attached hydrogens (tertiary/aromatic N) is 2. The first kappa shape index (κ1) is 17.3. The summed E-state index contributed by atoms with van der Waals surface area (Å²) < 4.78 is 45.9. The first-order valence-corrected chi connectivity index (χ1v) is 8.24. The smallest absolute Gasteiger partial charge is 0.321 e. The van der Waals surface area contributed by atoms with Gasteiger partial charge in [-0.05, 0) is 30.3 Å². The Kier molecular flexibility index (Phi) is 4.98. The number of hydrogen-bond acceptors (Lipinski definition) is 4. The van der Waals surface area contributed by atoms with Gasteiger partial charge in [0.15, 0.2) is 22.5 Å². The van der Waals surface area contributed by atoms with Crippen molar-refractivity contribution in [2.75, 3.05) is 12.9 Å².